The second-order valence-corrected chi connectivity index (χ2v) is 14.1. The number of hydrogen-bond donors (Lipinski definition) is 2. The molecule has 3 aliphatic carbocycles. The van der Waals surface area contributed by atoms with Gasteiger partial charge in [-0.2, -0.15) is 0 Å². The number of ether oxygens (including phenoxy) is 2. The van der Waals surface area contributed by atoms with Crippen molar-refractivity contribution in [1.82, 2.24) is 10.1 Å². The van der Waals surface area contributed by atoms with Gasteiger partial charge < -0.3 is 24.4 Å². The van der Waals surface area contributed by atoms with E-state index in [0.717, 1.165) is 59.7 Å². The SMILES string of the molecule is CC(C)Oc1cc(C(=O)O)cc2sc(N[C@@H]3[C@@H]4CC[C@H]3C[C@H](OCc3c(-c5c(Cl)cccc5Cl)noc3C3CC3)C4)nc12. The molecule has 3 aliphatic rings. The highest BCUT2D eigenvalue weighted by Crippen LogP contribution is 2.48. The van der Waals surface area contributed by atoms with Crippen LogP contribution >= 0.6 is 34.5 Å². The van der Waals surface area contributed by atoms with Crippen LogP contribution in [0.4, 0.5) is 5.13 Å². The first-order chi connectivity index (χ1) is 20.7. The molecule has 7 rings (SSSR count). The molecule has 0 unspecified atom stereocenters. The number of anilines is 1. The van der Waals surface area contributed by atoms with Gasteiger partial charge in [0, 0.05) is 23.1 Å². The number of nitrogens with one attached hydrogen (secondary N) is 1. The average Bonchev–Trinajstić information content (AvgIpc) is 3.52. The van der Waals surface area contributed by atoms with Gasteiger partial charge in [-0.15, -0.1) is 0 Å². The Balaban J connectivity index is 1.06. The van der Waals surface area contributed by atoms with E-state index in [0.29, 0.717) is 63.0 Å². The van der Waals surface area contributed by atoms with Crippen molar-refractivity contribution in [3.05, 3.63) is 57.3 Å². The quantitative estimate of drug-likeness (QED) is 0.177. The Kier molecular flexibility index (Phi) is 7.78. The molecule has 226 valence electrons. The summed E-state index contributed by atoms with van der Waals surface area (Å²) in [7, 11) is 0. The Morgan fingerprint density at radius 2 is 1.86 bits per heavy atom. The maximum Gasteiger partial charge on any atom is 0.335 e. The first-order valence-corrected chi connectivity index (χ1v) is 16.5. The third-order valence-electron chi connectivity index (χ3n) is 8.84. The molecule has 2 aromatic carbocycles. The molecule has 3 fully saturated rings. The zero-order chi connectivity index (χ0) is 29.8. The molecule has 4 atom stereocenters. The highest BCUT2D eigenvalue weighted by molar-refractivity contribution is 7.22. The number of carboxylic acid groups (broad SMARTS) is 1. The number of rotatable bonds is 10. The van der Waals surface area contributed by atoms with Gasteiger partial charge in [0.25, 0.3) is 0 Å². The summed E-state index contributed by atoms with van der Waals surface area (Å²) in [5.74, 6) is 1.72. The van der Waals surface area contributed by atoms with Gasteiger partial charge >= 0.3 is 5.97 Å². The molecule has 43 heavy (non-hydrogen) atoms. The van der Waals surface area contributed by atoms with Crippen molar-refractivity contribution >= 4 is 55.9 Å². The predicted octanol–water partition coefficient (Wildman–Crippen LogP) is 8.81. The smallest absolute Gasteiger partial charge is 0.335 e. The number of carbonyl (C=O) groups is 1. The highest BCUT2D eigenvalue weighted by Gasteiger charge is 2.44. The lowest BCUT2D eigenvalue weighted by atomic mass is 9.82. The highest BCUT2D eigenvalue weighted by atomic mass is 35.5. The Morgan fingerprint density at radius 3 is 2.51 bits per heavy atom. The largest absolute Gasteiger partial charge is 0.489 e. The van der Waals surface area contributed by atoms with Crippen molar-refractivity contribution in [3.63, 3.8) is 0 Å². The standard InChI is InChI=1S/C32H33Cl2N3O5S/c1-15(2)41-24-12-19(31(38)39)13-25-29(24)36-32(43-25)35-27-17-8-9-18(27)11-20(10-17)40-14-21-28(37-42-30(21)16-6-7-16)26-22(33)4-3-5-23(26)34/h3-5,12-13,15-18,20,27H,6-11,14H2,1-2H3,(H,35,36)(H,38,39)/t17-,18+,20-,27-. The third-order valence-corrected chi connectivity index (χ3v) is 10.4. The van der Waals surface area contributed by atoms with E-state index in [2.05, 4.69) is 10.5 Å². The molecule has 11 heteroatoms. The second-order valence-electron chi connectivity index (χ2n) is 12.2. The van der Waals surface area contributed by atoms with Crippen molar-refractivity contribution in [2.75, 3.05) is 5.32 Å². The Morgan fingerprint density at radius 1 is 1.14 bits per heavy atom. The normalized spacial score (nSPS) is 23.3. The van der Waals surface area contributed by atoms with Crippen LogP contribution in [0.1, 0.15) is 80.0 Å². The fourth-order valence-corrected chi connectivity index (χ4v) is 8.31. The van der Waals surface area contributed by atoms with Crippen LogP contribution in [-0.2, 0) is 11.3 Å². The summed E-state index contributed by atoms with van der Waals surface area (Å²) in [6, 6.07) is 9.00. The van der Waals surface area contributed by atoms with Crippen molar-refractivity contribution < 1.29 is 23.9 Å². The lowest BCUT2D eigenvalue weighted by Gasteiger charge is -2.35. The minimum Gasteiger partial charge on any atom is -0.489 e. The summed E-state index contributed by atoms with van der Waals surface area (Å²) < 4.78 is 19.2. The van der Waals surface area contributed by atoms with E-state index < -0.39 is 5.97 Å². The Bertz CT molecular complexity index is 1650. The number of hydrogen-bond acceptors (Lipinski definition) is 8. The third kappa shape index (κ3) is 5.72. The van der Waals surface area contributed by atoms with Gasteiger partial charge in [0.15, 0.2) is 5.13 Å². The Labute approximate surface area is 263 Å². The minimum absolute atomic E-state index is 0.0904. The van der Waals surface area contributed by atoms with Crippen LogP contribution in [0.2, 0.25) is 10.0 Å². The van der Waals surface area contributed by atoms with Gasteiger partial charge in [-0.05, 0) is 88.5 Å². The van der Waals surface area contributed by atoms with Crippen LogP contribution in [0.25, 0.3) is 21.5 Å². The van der Waals surface area contributed by atoms with Crippen LogP contribution in [0.15, 0.2) is 34.9 Å². The predicted molar refractivity (Wildman–Crippen MR) is 168 cm³/mol. The molecule has 3 saturated carbocycles. The van der Waals surface area contributed by atoms with Gasteiger partial charge in [-0.3, -0.25) is 0 Å². The molecule has 8 nitrogen and oxygen atoms in total. The molecule has 0 saturated heterocycles. The number of aromatic carboxylic acids is 1. The van der Waals surface area contributed by atoms with Crippen LogP contribution in [-0.4, -0.2) is 39.5 Å². The first kappa shape index (κ1) is 28.9. The zero-order valence-corrected chi connectivity index (χ0v) is 26.3. The van der Waals surface area contributed by atoms with Crippen molar-refractivity contribution in [1.29, 1.82) is 0 Å². The fraction of sp³-hybridized carbons (Fsp3) is 0.469. The van der Waals surface area contributed by atoms with Crippen molar-refractivity contribution in [2.24, 2.45) is 11.8 Å². The minimum atomic E-state index is -0.979. The molecule has 2 aromatic heterocycles. The van der Waals surface area contributed by atoms with Gasteiger partial charge in [-0.25, -0.2) is 9.78 Å². The average molecular weight is 643 g/mol. The number of thiazole rings is 1. The van der Waals surface area contributed by atoms with E-state index in [9.17, 15) is 9.90 Å². The second kappa shape index (κ2) is 11.6. The van der Waals surface area contributed by atoms with E-state index in [1.54, 1.807) is 12.1 Å². The lowest BCUT2D eigenvalue weighted by Crippen LogP contribution is -2.39. The molecule has 0 radical (unpaired) electrons. The topological polar surface area (TPSA) is 107 Å². The van der Waals surface area contributed by atoms with Gasteiger partial charge in [-0.1, -0.05) is 45.8 Å². The maximum atomic E-state index is 11.7. The summed E-state index contributed by atoms with van der Waals surface area (Å²) in [6.07, 6.45) is 6.41. The molecule has 4 aromatic rings. The van der Waals surface area contributed by atoms with E-state index in [1.807, 2.05) is 32.0 Å². The number of fused-ring (bicyclic) bond motifs is 3. The van der Waals surface area contributed by atoms with E-state index in [-0.39, 0.29) is 17.8 Å². The number of nitrogens with zero attached hydrogens (tertiary/aromatic N) is 2. The fourth-order valence-electron chi connectivity index (χ4n) is 6.76. The van der Waals surface area contributed by atoms with Gasteiger partial charge in [0.2, 0.25) is 0 Å². The van der Waals surface area contributed by atoms with E-state index in [4.69, 9.17) is 42.2 Å². The molecule has 2 heterocycles. The maximum absolute atomic E-state index is 11.7. The molecule has 0 amide bonds. The summed E-state index contributed by atoms with van der Waals surface area (Å²) >= 11 is 14.6. The lowest BCUT2D eigenvalue weighted by molar-refractivity contribution is -0.00447. The molecular formula is C32H33Cl2N3O5S. The Hall–Kier alpha value is -2.85. The number of carboxylic acids is 1. The molecule has 2 bridgehead atoms. The number of aromatic nitrogens is 2. The summed E-state index contributed by atoms with van der Waals surface area (Å²) in [6.45, 7) is 4.26. The molecule has 2 N–H and O–H groups in total. The van der Waals surface area contributed by atoms with Crippen LogP contribution in [0, 0.1) is 11.8 Å². The summed E-state index contributed by atoms with van der Waals surface area (Å²) in [5.41, 5.74) is 3.23. The van der Waals surface area contributed by atoms with Crippen LogP contribution in [0.5, 0.6) is 5.75 Å². The van der Waals surface area contributed by atoms with E-state index in [1.165, 1.54) is 11.3 Å². The molecular weight excluding hydrogens is 609 g/mol. The van der Waals surface area contributed by atoms with Crippen LogP contribution in [0.3, 0.4) is 0 Å². The number of benzene rings is 2. The van der Waals surface area contributed by atoms with Crippen LogP contribution < -0.4 is 10.1 Å². The molecule has 0 spiro atoms. The monoisotopic (exact) mass is 641 g/mol. The van der Waals surface area contributed by atoms with Gasteiger partial charge in [0.05, 0.1) is 39.1 Å². The summed E-state index contributed by atoms with van der Waals surface area (Å²) in [4.78, 5) is 16.6. The van der Waals surface area contributed by atoms with Gasteiger partial charge in [0.1, 0.15) is 22.7 Å². The first-order valence-electron chi connectivity index (χ1n) is 14.9. The molecule has 0 aliphatic heterocycles. The number of halogens is 2. The van der Waals surface area contributed by atoms with E-state index >= 15 is 0 Å². The van der Waals surface area contributed by atoms with Crippen molar-refractivity contribution in [3.8, 4) is 17.0 Å². The zero-order valence-electron chi connectivity index (χ0n) is 23.9. The summed E-state index contributed by atoms with van der Waals surface area (Å²) in [5, 5.41) is 19.6. The van der Waals surface area contributed by atoms with Crippen molar-refractivity contribution in [2.45, 2.75) is 83.1 Å².